The summed E-state index contributed by atoms with van der Waals surface area (Å²) in [6.45, 7) is 6.05. The highest BCUT2D eigenvalue weighted by molar-refractivity contribution is 6.32. The van der Waals surface area contributed by atoms with Crippen molar-refractivity contribution >= 4 is 17.8 Å². The first-order chi connectivity index (χ1) is 12.6. The molecule has 0 saturated carbocycles. The topological polar surface area (TPSA) is 51.0 Å². The lowest BCUT2D eigenvalue weighted by Gasteiger charge is -2.09. The molecule has 2 aromatic carbocycles. The van der Waals surface area contributed by atoms with Crippen LogP contribution in [0, 0.1) is 5.82 Å². The Kier molecular flexibility index (Phi) is 11.1. The molecule has 6 heteroatoms. The second-order valence-corrected chi connectivity index (χ2v) is 5.70. The van der Waals surface area contributed by atoms with Gasteiger partial charge in [0.1, 0.15) is 11.6 Å². The summed E-state index contributed by atoms with van der Waals surface area (Å²) in [4.78, 5) is 0. The fraction of sp³-hybridized carbons (Fsp3) is 0.350. The minimum atomic E-state index is -0.246. The average Bonchev–Trinajstić information content (AvgIpc) is 2.61. The van der Waals surface area contributed by atoms with Crippen molar-refractivity contribution < 1.29 is 19.1 Å². The van der Waals surface area contributed by atoms with Gasteiger partial charge >= 0.3 is 0 Å². The van der Waals surface area contributed by atoms with Gasteiger partial charge in [-0.1, -0.05) is 29.8 Å². The zero-order chi connectivity index (χ0) is 19.2. The number of rotatable bonds is 8. The molecule has 0 aliphatic heterocycles. The minimum absolute atomic E-state index is 0.246. The van der Waals surface area contributed by atoms with Crippen LogP contribution in [0.15, 0.2) is 47.6 Å². The fourth-order valence-corrected chi connectivity index (χ4v) is 2.40. The van der Waals surface area contributed by atoms with Gasteiger partial charge in [0, 0.05) is 25.8 Å². The van der Waals surface area contributed by atoms with E-state index in [9.17, 15) is 4.39 Å². The lowest BCUT2D eigenvalue weighted by atomic mass is 10.0. The first-order valence-electron chi connectivity index (χ1n) is 8.50. The Morgan fingerprint density at radius 3 is 2.42 bits per heavy atom. The van der Waals surface area contributed by atoms with E-state index >= 15 is 0 Å². The van der Waals surface area contributed by atoms with E-state index in [4.69, 9.17) is 26.3 Å². The van der Waals surface area contributed by atoms with Gasteiger partial charge in [-0.25, -0.2) is 4.39 Å². The number of hydrogen-bond donors (Lipinski definition) is 1. The van der Waals surface area contributed by atoms with E-state index < -0.39 is 0 Å². The second kappa shape index (κ2) is 13.1. The highest BCUT2D eigenvalue weighted by Gasteiger charge is 2.04. The van der Waals surface area contributed by atoms with Crippen molar-refractivity contribution in [3.05, 3.63) is 64.4 Å². The van der Waals surface area contributed by atoms with E-state index in [0.717, 1.165) is 24.3 Å². The maximum absolute atomic E-state index is 13.1. The van der Waals surface area contributed by atoms with Gasteiger partial charge in [0.25, 0.3) is 0 Å². The molecule has 0 spiro atoms. The summed E-state index contributed by atoms with van der Waals surface area (Å²) >= 11 is 6.16. The van der Waals surface area contributed by atoms with Crippen molar-refractivity contribution in [2.24, 2.45) is 5.16 Å². The first kappa shape index (κ1) is 21.9. The van der Waals surface area contributed by atoms with E-state index in [1.807, 2.05) is 32.0 Å². The summed E-state index contributed by atoms with van der Waals surface area (Å²) < 4.78 is 23.4. The van der Waals surface area contributed by atoms with Crippen molar-refractivity contribution in [3.63, 3.8) is 0 Å². The highest BCUT2D eigenvalue weighted by Crippen LogP contribution is 2.26. The lowest BCUT2D eigenvalue weighted by molar-refractivity contribution is 0.162. The molecule has 0 radical (unpaired) electrons. The van der Waals surface area contributed by atoms with E-state index in [1.54, 1.807) is 12.1 Å². The monoisotopic (exact) mass is 381 g/mol. The minimum Gasteiger partial charge on any atom is -0.492 e. The number of halogens is 2. The Bertz CT molecular complexity index is 678. The Labute approximate surface area is 159 Å². The number of oxime groups is 1. The van der Waals surface area contributed by atoms with E-state index in [1.165, 1.54) is 18.3 Å². The quantitative estimate of drug-likeness (QED) is 0.290. The van der Waals surface area contributed by atoms with Crippen LogP contribution in [-0.2, 0) is 11.2 Å². The van der Waals surface area contributed by atoms with E-state index in [-0.39, 0.29) is 5.82 Å². The SMILES string of the molecule is CCOCC.ON=CCCOc1ccc(Cc2cccc(F)c2)cc1Cl. The van der Waals surface area contributed by atoms with Gasteiger partial charge in [-0.15, -0.1) is 5.16 Å². The lowest BCUT2D eigenvalue weighted by Crippen LogP contribution is -1.99. The summed E-state index contributed by atoms with van der Waals surface area (Å²) in [5.74, 6) is 0.329. The van der Waals surface area contributed by atoms with Crippen LogP contribution in [0.25, 0.3) is 0 Å². The van der Waals surface area contributed by atoms with Crippen molar-refractivity contribution in [1.29, 1.82) is 0 Å². The van der Waals surface area contributed by atoms with E-state index in [0.29, 0.717) is 30.2 Å². The van der Waals surface area contributed by atoms with Crippen LogP contribution in [-0.4, -0.2) is 31.2 Å². The molecule has 2 rings (SSSR count). The van der Waals surface area contributed by atoms with Crippen molar-refractivity contribution in [1.82, 2.24) is 0 Å². The maximum atomic E-state index is 13.1. The molecule has 0 fully saturated rings. The zero-order valence-electron chi connectivity index (χ0n) is 15.1. The summed E-state index contributed by atoms with van der Waals surface area (Å²) in [6, 6.07) is 12.0. The van der Waals surface area contributed by atoms with Crippen LogP contribution in [0.5, 0.6) is 5.75 Å². The van der Waals surface area contributed by atoms with Gasteiger partial charge in [-0.05, 0) is 55.7 Å². The molecule has 0 atom stereocenters. The summed E-state index contributed by atoms with van der Waals surface area (Å²) in [5, 5.41) is 11.7. The molecule has 0 bridgehead atoms. The highest BCUT2D eigenvalue weighted by atomic mass is 35.5. The molecular formula is C20H25ClFNO3. The third-order valence-corrected chi connectivity index (χ3v) is 3.58. The third-order valence-electron chi connectivity index (χ3n) is 3.29. The van der Waals surface area contributed by atoms with Crippen LogP contribution in [0.1, 0.15) is 31.4 Å². The van der Waals surface area contributed by atoms with Crippen LogP contribution >= 0.6 is 11.6 Å². The number of hydrogen-bond acceptors (Lipinski definition) is 4. The first-order valence-corrected chi connectivity index (χ1v) is 8.87. The van der Waals surface area contributed by atoms with Crippen LogP contribution in [0.4, 0.5) is 4.39 Å². The number of benzene rings is 2. The molecule has 0 unspecified atom stereocenters. The van der Waals surface area contributed by atoms with E-state index in [2.05, 4.69) is 5.16 Å². The van der Waals surface area contributed by atoms with Crippen molar-refractivity contribution in [2.75, 3.05) is 19.8 Å². The molecule has 0 amide bonds. The second-order valence-electron chi connectivity index (χ2n) is 5.29. The molecule has 0 aromatic heterocycles. The van der Waals surface area contributed by atoms with Gasteiger partial charge in [0.2, 0.25) is 0 Å². The summed E-state index contributed by atoms with van der Waals surface area (Å²) in [6.07, 6.45) is 2.46. The van der Waals surface area contributed by atoms with Gasteiger partial charge in [-0.3, -0.25) is 0 Å². The van der Waals surface area contributed by atoms with Gasteiger partial charge in [0.15, 0.2) is 0 Å². The molecular weight excluding hydrogens is 357 g/mol. The number of ether oxygens (including phenoxy) is 2. The predicted octanol–water partition coefficient (Wildman–Crippen LogP) is 5.34. The molecule has 1 N–H and O–H groups in total. The van der Waals surface area contributed by atoms with Crippen LogP contribution < -0.4 is 4.74 Å². The maximum Gasteiger partial charge on any atom is 0.137 e. The number of nitrogens with zero attached hydrogens (tertiary/aromatic N) is 1. The summed E-state index contributed by atoms with van der Waals surface area (Å²) in [7, 11) is 0. The molecule has 2 aromatic rings. The molecule has 4 nitrogen and oxygen atoms in total. The molecule has 142 valence electrons. The molecule has 0 saturated heterocycles. The predicted molar refractivity (Wildman–Crippen MR) is 103 cm³/mol. The van der Waals surface area contributed by atoms with Crippen LogP contribution in [0.2, 0.25) is 5.02 Å². The third kappa shape index (κ3) is 8.83. The standard InChI is InChI=1S/C16H15ClFNO2.C4H10O/c17-15-11-13(9-12-3-1-4-14(18)10-12)5-6-16(15)21-8-2-7-19-20;1-3-5-4-2/h1,3-7,10-11,20H,2,8-9H2;3-4H2,1-2H3. The Morgan fingerprint density at radius 2 is 1.85 bits per heavy atom. The van der Waals surface area contributed by atoms with Crippen molar-refractivity contribution in [2.45, 2.75) is 26.7 Å². The molecule has 0 aliphatic rings. The average molecular weight is 382 g/mol. The van der Waals surface area contributed by atoms with Gasteiger partial charge in [-0.2, -0.15) is 0 Å². The molecule has 0 heterocycles. The zero-order valence-corrected chi connectivity index (χ0v) is 15.9. The normalized spacial score (nSPS) is 10.5. The van der Waals surface area contributed by atoms with Crippen molar-refractivity contribution in [3.8, 4) is 5.75 Å². The molecule has 26 heavy (non-hydrogen) atoms. The largest absolute Gasteiger partial charge is 0.492 e. The van der Waals surface area contributed by atoms with Gasteiger partial charge < -0.3 is 14.7 Å². The Balaban J connectivity index is 0.000000597. The Morgan fingerprint density at radius 1 is 1.12 bits per heavy atom. The fourth-order valence-electron chi connectivity index (χ4n) is 2.14. The summed E-state index contributed by atoms with van der Waals surface area (Å²) in [5.41, 5.74) is 1.87. The van der Waals surface area contributed by atoms with Gasteiger partial charge in [0.05, 0.1) is 11.6 Å². The smallest absolute Gasteiger partial charge is 0.137 e. The Hall–Kier alpha value is -2.11. The molecule has 0 aliphatic carbocycles. The van der Waals surface area contributed by atoms with Crippen LogP contribution in [0.3, 0.4) is 0 Å².